The SMILES string of the molecule is COc1cc(/C=N\NC(=O)c2cc3ccccc3o2)ccc1OC(C)C. The largest absolute Gasteiger partial charge is 0.493 e. The van der Waals surface area contributed by atoms with Crippen molar-refractivity contribution >= 4 is 23.1 Å². The minimum Gasteiger partial charge on any atom is -0.493 e. The maximum Gasteiger partial charge on any atom is 0.307 e. The molecule has 26 heavy (non-hydrogen) atoms. The highest BCUT2D eigenvalue weighted by molar-refractivity contribution is 5.96. The first kappa shape index (κ1) is 17.5. The zero-order chi connectivity index (χ0) is 18.5. The van der Waals surface area contributed by atoms with E-state index in [4.69, 9.17) is 13.9 Å². The predicted molar refractivity (Wildman–Crippen MR) is 100 cm³/mol. The third kappa shape index (κ3) is 4.03. The maximum absolute atomic E-state index is 12.1. The fourth-order valence-corrected chi connectivity index (χ4v) is 2.43. The van der Waals surface area contributed by atoms with Crippen molar-refractivity contribution < 1.29 is 18.7 Å². The Morgan fingerprint density at radius 2 is 1.96 bits per heavy atom. The first-order valence-corrected chi connectivity index (χ1v) is 8.23. The highest BCUT2D eigenvalue weighted by Crippen LogP contribution is 2.28. The van der Waals surface area contributed by atoms with Crippen molar-refractivity contribution in [2.24, 2.45) is 5.10 Å². The van der Waals surface area contributed by atoms with Gasteiger partial charge in [-0.1, -0.05) is 18.2 Å². The number of carbonyl (C=O) groups is 1. The Morgan fingerprint density at radius 1 is 1.15 bits per heavy atom. The number of nitrogens with zero attached hydrogens (tertiary/aromatic N) is 1. The molecule has 2 aromatic carbocycles. The molecule has 1 aromatic heterocycles. The van der Waals surface area contributed by atoms with Gasteiger partial charge in [-0.25, -0.2) is 5.43 Å². The zero-order valence-electron chi connectivity index (χ0n) is 14.9. The van der Waals surface area contributed by atoms with Gasteiger partial charge >= 0.3 is 5.91 Å². The summed E-state index contributed by atoms with van der Waals surface area (Å²) in [5, 5.41) is 4.84. The normalized spacial score (nSPS) is 11.2. The van der Waals surface area contributed by atoms with Crippen molar-refractivity contribution in [1.29, 1.82) is 0 Å². The summed E-state index contributed by atoms with van der Waals surface area (Å²) in [5.41, 5.74) is 3.88. The number of nitrogens with one attached hydrogen (secondary N) is 1. The first-order chi connectivity index (χ1) is 12.6. The van der Waals surface area contributed by atoms with Crippen LogP contribution >= 0.6 is 0 Å². The predicted octanol–water partition coefficient (Wildman–Crippen LogP) is 3.99. The van der Waals surface area contributed by atoms with Crippen LogP contribution in [0.1, 0.15) is 30.0 Å². The third-order valence-electron chi connectivity index (χ3n) is 3.58. The summed E-state index contributed by atoms with van der Waals surface area (Å²) in [6.07, 6.45) is 1.58. The number of benzene rings is 2. The molecule has 0 saturated heterocycles. The maximum atomic E-state index is 12.1. The molecule has 3 rings (SSSR count). The van der Waals surface area contributed by atoms with Gasteiger partial charge in [0.05, 0.1) is 19.4 Å². The molecule has 0 aliphatic heterocycles. The van der Waals surface area contributed by atoms with Gasteiger partial charge in [-0.2, -0.15) is 5.10 Å². The number of carbonyl (C=O) groups excluding carboxylic acids is 1. The second-order valence-electron chi connectivity index (χ2n) is 5.92. The molecule has 0 atom stereocenters. The van der Waals surface area contributed by atoms with Crippen molar-refractivity contribution in [3.8, 4) is 11.5 Å². The Hall–Kier alpha value is -3.28. The minimum atomic E-state index is -0.413. The van der Waals surface area contributed by atoms with Crippen LogP contribution in [0.15, 0.2) is 58.0 Å². The second kappa shape index (κ2) is 7.74. The van der Waals surface area contributed by atoms with Crippen molar-refractivity contribution in [1.82, 2.24) is 5.43 Å². The van der Waals surface area contributed by atoms with E-state index in [0.717, 1.165) is 10.9 Å². The number of ether oxygens (including phenoxy) is 2. The number of fused-ring (bicyclic) bond motifs is 1. The van der Waals surface area contributed by atoms with E-state index in [9.17, 15) is 4.79 Å². The quantitative estimate of drug-likeness (QED) is 0.538. The molecule has 0 radical (unpaired) electrons. The van der Waals surface area contributed by atoms with Crippen LogP contribution in [0.25, 0.3) is 11.0 Å². The molecule has 0 spiro atoms. The average molecular weight is 352 g/mol. The van der Waals surface area contributed by atoms with Gasteiger partial charge in [0.15, 0.2) is 17.3 Å². The van der Waals surface area contributed by atoms with Crippen LogP contribution in [0, 0.1) is 0 Å². The summed E-state index contributed by atoms with van der Waals surface area (Å²) < 4.78 is 16.5. The summed E-state index contributed by atoms with van der Waals surface area (Å²) >= 11 is 0. The van der Waals surface area contributed by atoms with E-state index in [1.54, 1.807) is 25.3 Å². The van der Waals surface area contributed by atoms with Gasteiger partial charge in [0.1, 0.15) is 5.58 Å². The van der Waals surface area contributed by atoms with Gasteiger partial charge in [0.25, 0.3) is 0 Å². The van der Waals surface area contributed by atoms with Crippen LogP contribution < -0.4 is 14.9 Å². The van der Waals surface area contributed by atoms with E-state index in [0.29, 0.717) is 17.1 Å². The van der Waals surface area contributed by atoms with Gasteiger partial charge in [0, 0.05) is 5.39 Å². The monoisotopic (exact) mass is 352 g/mol. The lowest BCUT2D eigenvalue weighted by Gasteiger charge is -2.13. The molecule has 6 nitrogen and oxygen atoms in total. The highest BCUT2D eigenvalue weighted by atomic mass is 16.5. The summed E-state index contributed by atoms with van der Waals surface area (Å²) in [6.45, 7) is 3.89. The lowest BCUT2D eigenvalue weighted by molar-refractivity contribution is 0.0929. The summed E-state index contributed by atoms with van der Waals surface area (Å²) in [7, 11) is 1.58. The van der Waals surface area contributed by atoms with Crippen LogP contribution in [0.5, 0.6) is 11.5 Å². The van der Waals surface area contributed by atoms with Gasteiger partial charge in [-0.3, -0.25) is 4.79 Å². The van der Waals surface area contributed by atoms with E-state index in [-0.39, 0.29) is 11.9 Å². The lowest BCUT2D eigenvalue weighted by atomic mass is 10.2. The Labute approximate surface area is 151 Å². The molecule has 0 saturated carbocycles. The van der Waals surface area contributed by atoms with Gasteiger partial charge in [-0.15, -0.1) is 0 Å². The van der Waals surface area contributed by atoms with E-state index < -0.39 is 5.91 Å². The number of rotatable bonds is 6. The van der Waals surface area contributed by atoms with Crippen molar-refractivity contribution in [3.05, 3.63) is 59.9 Å². The Morgan fingerprint density at radius 3 is 2.69 bits per heavy atom. The number of methoxy groups -OCH3 is 1. The summed E-state index contributed by atoms with van der Waals surface area (Å²) in [6, 6.07) is 14.5. The third-order valence-corrected chi connectivity index (χ3v) is 3.58. The van der Waals surface area contributed by atoms with Crippen LogP contribution in [-0.2, 0) is 0 Å². The molecule has 3 aromatic rings. The number of furan rings is 1. The Kier molecular flexibility index (Phi) is 5.22. The molecule has 1 N–H and O–H groups in total. The Bertz CT molecular complexity index is 911. The average Bonchev–Trinajstić information content (AvgIpc) is 3.06. The van der Waals surface area contributed by atoms with Crippen LogP contribution in [-0.4, -0.2) is 25.3 Å². The summed E-state index contributed by atoms with van der Waals surface area (Å²) in [4.78, 5) is 12.1. The smallest absolute Gasteiger partial charge is 0.307 e. The van der Waals surface area contributed by atoms with Gasteiger partial charge in [0.2, 0.25) is 0 Å². The minimum absolute atomic E-state index is 0.0477. The van der Waals surface area contributed by atoms with E-state index in [1.165, 1.54) is 6.21 Å². The molecular formula is C20H20N2O4. The molecule has 6 heteroatoms. The number of amides is 1. The molecule has 1 heterocycles. The Balaban J connectivity index is 1.68. The first-order valence-electron chi connectivity index (χ1n) is 8.23. The number of para-hydroxylation sites is 1. The molecule has 134 valence electrons. The molecule has 0 aliphatic carbocycles. The molecule has 1 amide bonds. The number of hydrogen-bond donors (Lipinski definition) is 1. The molecule has 0 unspecified atom stereocenters. The lowest BCUT2D eigenvalue weighted by Crippen LogP contribution is -2.16. The molecule has 0 aliphatic rings. The second-order valence-corrected chi connectivity index (χ2v) is 5.92. The van der Waals surface area contributed by atoms with E-state index in [2.05, 4.69) is 10.5 Å². The van der Waals surface area contributed by atoms with E-state index >= 15 is 0 Å². The fraction of sp³-hybridized carbons (Fsp3) is 0.200. The highest BCUT2D eigenvalue weighted by Gasteiger charge is 2.11. The zero-order valence-corrected chi connectivity index (χ0v) is 14.9. The standard InChI is InChI=1S/C20H20N2O4/c1-13(2)25-17-9-8-14(10-18(17)24-3)12-21-22-20(23)19-11-15-6-4-5-7-16(15)26-19/h4-13H,1-3H3,(H,22,23)/b21-12-. The molecule has 0 fully saturated rings. The van der Waals surface area contributed by atoms with Gasteiger partial charge in [-0.05, 0) is 49.7 Å². The van der Waals surface area contributed by atoms with E-state index in [1.807, 2.05) is 44.2 Å². The van der Waals surface area contributed by atoms with Crippen molar-refractivity contribution in [2.45, 2.75) is 20.0 Å². The van der Waals surface area contributed by atoms with Crippen LogP contribution in [0.2, 0.25) is 0 Å². The van der Waals surface area contributed by atoms with Crippen LogP contribution in [0.4, 0.5) is 0 Å². The van der Waals surface area contributed by atoms with Crippen molar-refractivity contribution in [2.75, 3.05) is 7.11 Å². The topological polar surface area (TPSA) is 73.1 Å². The molecule has 0 bridgehead atoms. The van der Waals surface area contributed by atoms with Gasteiger partial charge < -0.3 is 13.9 Å². The molecular weight excluding hydrogens is 332 g/mol. The fourth-order valence-electron chi connectivity index (χ4n) is 2.43. The number of hydrogen-bond acceptors (Lipinski definition) is 5. The number of hydrazone groups is 1. The summed E-state index contributed by atoms with van der Waals surface area (Å²) in [5.74, 6) is 1.06. The van der Waals surface area contributed by atoms with Crippen molar-refractivity contribution in [3.63, 3.8) is 0 Å². The van der Waals surface area contributed by atoms with Crippen LogP contribution in [0.3, 0.4) is 0 Å².